The molecule has 1 fully saturated rings. The van der Waals surface area contributed by atoms with Crippen LogP contribution in [0.4, 0.5) is 0 Å². The van der Waals surface area contributed by atoms with Crippen molar-refractivity contribution in [2.24, 2.45) is 5.92 Å². The minimum atomic E-state index is 0.0514. The number of halogens is 1. The number of amides is 1. The predicted molar refractivity (Wildman–Crippen MR) is 105 cm³/mol. The SMILES string of the molecule is CC(NC(=O)C1CCCN(Cc2ccc(Br)cc2)C1)c1ccccc1. The first kappa shape index (κ1) is 18.2. The molecular weight excluding hydrogens is 376 g/mol. The lowest BCUT2D eigenvalue weighted by Gasteiger charge is -2.32. The van der Waals surface area contributed by atoms with Gasteiger partial charge in [0.2, 0.25) is 5.91 Å². The van der Waals surface area contributed by atoms with Gasteiger partial charge in [-0.05, 0) is 49.6 Å². The van der Waals surface area contributed by atoms with E-state index < -0.39 is 0 Å². The van der Waals surface area contributed by atoms with Crippen LogP contribution < -0.4 is 5.32 Å². The minimum Gasteiger partial charge on any atom is -0.349 e. The summed E-state index contributed by atoms with van der Waals surface area (Å²) in [5.74, 6) is 0.257. The highest BCUT2D eigenvalue weighted by atomic mass is 79.9. The van der Waals surface area contributed by atoms with E-state index in [4.69, 9.17) is 0 Å². The maximum absolute atomic E-state index is 12.7. The fraction of sp³-hybridized carbons (Fsp3) is 0.381. The summed E-state index contributed by atoms with van der Waals surface area (Å²) in [7, 11) is 0. The zero-order chi connectivity index (χ0) is 17.6. The largest absolute Gasteiger partial charge is 0.349 e. The Morgan fingerprint density at radius 3 is 2.64 bits per heavy atom. The van der Waals surface area contributed by atoms with Gasteiger partial charge in [-0.1, -0.05) is 58.4 Å². The summed E-state index contributed by atoms with van der Waals surface area (Å²) in [4.78, 5) is 15.1. The van der Waals surface area contributed by atoms with Gasteiger partial charge >= 0.3 is 0 Å². The molecule has 1 N–H and O–H groups in total. The summed E-state index contributed by atoms with van der Waals surface area (Å²) in [5.41, 5.74) is 2.44. The molecule has 2 aromatic rings. The van der Waals surface area contributed by atoms with Crippen LogP contribution in [0.5, 0.6) is 0 Å². The number of benzene rings is 2. The first-order valence-corrected chi connectivity index (χ1v) is 9.73. The normalized spacial score (nSPS) is 19.4. The number of carbonyl (C=O) groups is 1. The van der Waals surface area contributed by atoms with Gasteiger partial charge in [0.25, 0.3) is 0 Å². The quantitative estimate of drug-likeness (QED) is 0.798. The van der Waals surface area contributed by atoms with Gasteiger partial charge in [0.05, 0.1) is 12.0 Å². The van der Waals surface area contributed by atoms with Crippen LogP contribution in [0.25, 0.3) is 0 Å². The third-order valence-corrected chi connectivity index (χ3v) is 5.38. The van der Waals surface area contributed by atoms with E-state index in [2.05, 4.69) is 69.5 Å². The zero-order valence-corrected chi connectivity index (χ0v) is 16.2. The third-order valence-electron chi connectivity index (χ3n) is 4.85. The molecule has 2 atom stereocenters. The van der Waals surface area contributed by atoms with Crippen LogP contribution in [-0.4, -0.2) is 23.9 Å². The van der Waals surface area contributed by atoms with Crippen molar-refractivity contribution in [1.29, 1.82) is 0 Å². The molecule has 1 saturated heterocycles. The Morgan fingerprint density at radius 1 is 1.20 bits per heavy atom. The summed E-state index contributed by atoms with van der Waals surface area (Å²) in [6, 6.07) is 18.6. The molecule has 1 heterocycles. The lowest BCUT2D eigenvalue weighted by molar-refractivity contribution is -0.127. The van der Waals surface area contributed by atoms with Crippen molar-refractivity contribution in [1.82, 2.24) is 10.2 Å². The van der Waals surface area contributed by atoms with E-state index in [0.29, 0.717) is 0 Å². The van der Waals surface area contributed by atoms with Crippen molar-refractivity contribution < 1.29 is 4.79 Å². The Balaban J connectivity index is 1.55. The summed E-state index contributed by atoms with van der Waals surface area (Å²) in [6.07, 6.45) is 2.05. The lowest BCUT2D eigenvalue weighted by atomic mass is 9.96. The molecule has 0 aliphatic carbocycles. The monoisotopic (exact) mass is 400 g/mol. The van der Waals surface area contributed by atoms with Crippen LogP contribution in [0.1, 0.15) is 36.9 Å². The molecule has 132 valence electrons. The highest BCUT2D eigenvalue weighted by Gasteiger charge is 2.26. The van der Waals surface area contributed by atoms with E-state index in [1.807, 2.05) is 18.2 Å². The summed E-state index contributed by atoms with van der Waals surface area (Å²) < 4.78 is 1.10. The number of rotatable bonds is 5. The zero-order valence-electron chi connectivity index (χ0n) is 14.6. The molecule has 25 heavy (non-hydrogen) atoms. The van der Waals surface area contributed by atoms with Crippen LogP contribution in [0.15, 0.2) is 59.1 Å². The van der Waals surface area contributed by atoms with E-state index in [1.165, 1.54) is 5.56 Å². The van der Waals surface area contributed by atoms with Crippen molar-refractivity contribution in [3.8, 4) is 0 Å². The smallest absolute Gasteiger partial charge is 0.224 e. The lowest BCUT2D eigenvalue weighted by Crippen LogP contribution is -2.43. The molecule has 0 bridgehead atoms. The average molecular weight is 401 g/mol. The molecular formula is C21H25BrN2O. The van der Waals surface area contributed by atoms with Crippen molar-refractivity contribution >= 4 is 21.8 Å². The van der Waals surface area contributed by atoms with E-state index in [-0.39, 0.29) is 17.9 Å². The summed E-state index contributed by atoms with van der Waals surface area (Å²) in [5, 5.41) is 3.19. The van der Waals surface area contributed by atoms with Crippen molar-refractivity contribution in [3.05, 3.63) is 70.2 Å². The summed E-state index contributed by atoms with van der Waals surface area (Å²) >= 11 is 3.47. The highest BCUT2D eigenvalue weighted by Crippen LogP contribution is 2.21. The molecule has 4 heteroatoms. The predicted octanol–water partition coefficient (Wildman–Crippen LogP) is 4.54. The summed E-state index contributed by atoms with van der Waals surface area (Å²) in [6.45, 7) is 4.86. The number of piperidine rings is 1. The molecule has 2 aromatic carbocycles. The Bertz CT molecular complexity index is 687. The second kappa shape index (κ2) is 8.63. The van der Waals surface area contributed by atoms with Crippen molar-refractivity contribution in [2.45, 2.75) is 32.4 Å². The topological polar surface area (TPSA) is 32.3 Å². The highest BCUT2D eigenvalue weighted by molar-refractivity contribution is 9.10. The van der Waals surface area contributed by atoms with Crippen molar-refractivity contribution in [2.75, 3.05) is 13.1 Å². The molecule has 0 spiro atoms. The van der Waals surface area contributed by atoms with Gasteiger partial charge in [0.1, 0.15) is 0 Å². The van der Waals surface area contributed by atoms with Gasteiger partial charge in [0, 0.05) is 17.6 Å². The molecule has 0 radical (unpaired) electrons. The van der Waals surface area contributed by atoms with Crippen LogP contribution in [0.2, 0.25) is 0 Å². The number of nitrogens with zero attached hydrogens (tertiary/aromatic N) is 1. The van der Waals surface area contributed by atoms with Crippen LogP contribution in [0.3, 0.4) is 0 Å². The van der Waals surface area contributed by atoms with E-state index in [0.717, 1.165) is 42.5 Å². The maximum Gasteiger partial charge on any atom is 0.224 e. The minimum absolute atomic E-state index is 0.0514. The second-order valence-corrected chi connectivity index (χ2v) is 7.76. The average Bonchev–Trinajstić information content (AvgIpc) is 2.64. The van der Waals surface area contributed by atoms with Crippen LogP contribution >= 0.6 is 15.9 Å². The molecule has 0 aromatic heterocycles. The fourth-order valence-corrected chi connectivity index (χ4v) is 3.68. The van der Waals surface area contributed by atoms with Crippen LogP contribution in [0, 0.1) is 5.92 Å². The second-order valence-electron chi connectivity index (χ2n) is 6.84. The molecule has 1 aliphatic heterocycles. The van der Waals surface area contributed by atoms with Crippen LogP contribution in [-0.2, 0) is 11.3 Å². The number of likely N-dealkylation sites (tertiary alicyclic amines) is 1. The standard InChI is InChI=1S/C21H25BrN2O/c1-16(18-6-3-2-4-7-18)23-21(25)19-8-5-13-24(15-19)14-17-9-11-20(22)12-10-17/h2-4,6-7,9-12,16,19H,5,8,13-15H2,1H3,(H,23,25). The number of hydrogen-bond donors (Lipinski definition) is 1. The Morgan fingerprint density at radius 2 is 1.92 bits per heavy atom. The number of carbonyl (C=O) groups excluding carboxylic acids is 1. The van der Waals surface area contributed by atoms with Gasteiger partial charge in [0.15, 0.2) is 0 Å². The number of hydrogen-bond acceptors (Lipinski definition) is 2. The molecule has 3 rings (SSSR count). The molecule has 2 unspecified atom stereocenters. The Labute approximate surface area is 158 Å². The van der Waals surface area contributed by atoms with E-state index in [9.17, 15) is 4.79 Å². The van der Waals surface area contributed by atoms with Gasteiger partial charge in [-0.25, -0.2) is 0 Å². The molecule has 1 amide bonds. The van der Waals surface area contributed by atoms with Gasteiger partial charge in [-0.3, -0.25) is 9.69 Å². The number of nitrogens with one attached hydrogen (secondary N) is 1. The molecule has 3 nitrogen and oxygen atoms in total. The Kier molecular flexibility index (Phi) is 6.27. The van der Waals surface area contributed by atoms with Crippen molar-refractivity contribution in [3.63, 3.8) is 0 Å². The van der Waals surface area contributed by atoms with Gasteiger partial charge in [-0.15, -0.1) is 0 Å². The van der Waals surface area contributed by atoms with E-state index >= 15 is 0 Å². The molecule has 0 saturated carbocycles. The fourth-order valence-electron chi connectivity index (χ4n) is 3.42. The first-order valence-electron chi connectivity index (χ1n) is 8.94. The first-order chi connectivity index (χ1) is 12.1. The van der Waals surface area contributed by atoms with Gasteiger partial charge in [-0.2, -0.15) is 0 Å². The maximum atomic E-state index is 12.7. The van der Waals surface area contributed by atoms with Gasteiger partial charge < -0.3 is 5.32 Å². The molecule has 1 aliphatic rings. The van der Waals surface area contributed by atoms with E-state index in [1.54, 1.807) is 0 Å². The third kappa shape index (κ3) is 5.16. The Hall–Kier alpha value is -1.65.